The van der Waals surface area contributed by atoms with Crippen LogP contribution in [-0.4, -0.2) is 10.5 Å². The predicted octanol–water partition coefficient (Wildman–Crippen LogP) is 3.26. The molecule has 0 saturated carbocycles. The SMILES string of the molecule is Cc1ccc(NC(=O)Cn2c(=O)cc(C)c3ccccc32)cc1. The van der Waals surface area contributed by atoms with E-state index in [1.165, 1.54) is 4.57 Å². The maximum absolute atomic E-state index is 12.3. The van der Waals surface area contributed by atoms with Crippen molar-refractivity contribution in [1.82, 2.24) is 4.57 Å². The zero-order chi connectivity index (χ0) is 16.4. The van der Waals surface area contributed by atoms with Crippen molar-refractivity contribution in [3.8, 4) is 0 Å². The lowest BCUT2D eigenvalue weighted by Crippen LogP contribution is -2.27. The number of nitrogens with one attached hydrogen (secondary N) is 1. The van der Waals surface area contributed by atoms with Gasteiger partial charge in [-0.25, -0.2) is 0 Å². The summed E-state index contributed by atoms with van der Waals surface area (Å²) in [7, 11) is 0. The van der Waals surface area contributed by atoms with Crippen molar-refractivity contribution < 1.29 is 4.79 Å². The summed E-state index contributed by atoms with van der Waals surface area (Å²) >= 11 is 0. The largest absolute Gasteiger partial charge is 0.325 e. The summed E-state index contributed by atoms with van der Waals surface area (Å²) in [6.45, 7) is 3.89. The summed E-state index contributed by atoms with van der Waals surface area (Å²) in [5.74, 6) is -0.218. The maximum atomic E-state index is 12.3. The molecule has 3 rings (SSSR count). The molecule has 0 spiro atoms. The summed E-state index contributed by atoms with van der Waals surface area (Å²) in [6, 6.07) is 16.8. The quantitative estimate of drug-likeness (QED) is 0.807. The van der Waals surface area contributed by atoms with Crippen LogP contribution in [0.2, 0.25) is 0 Å². The summed E-state index contributed by atoms with van der Waals surface area (Å²) in [4.78, 5) is 24.5. The van der Waals surface area contributed by atoms with E-state index in [1.54, 1.807) is 6.07 Å². The second-order valence-electron chi connectivity index (χ2n) is 5.68. The van der Waals surface area contributed by atoms with E-state index in [9.17, 15) is 9.59 Å². The third-order valence-electron chi connectivity index (χ3n) is 3.86. The molecule has 1 aromatic heterocycles. The third kappa shape index (κ3) is 3.16. The monoisotopic (exact) mass is 306 g/mol. The number of hydrogen-bond donors (Lipinski definition) is 1. The number of aryl methyl sites for hydroxylation is 2. The number of hydrogen-bond acceptors (Lipinski definition) is 2. The van der Waals surface area contributed by atoms with Gasteiger partial charge in [0.05, 0.1) is 5.52 Å². The van der Waals surface area contributed by atoms with Gasteiger partial charge in [0.2, 0.25) is 5.91 Å². The Morgan fingerprint density at radius 1 is 1.04 bits per heavy atom. The lowest BCUT2D eigenvalue weighted by molar-refractivity contribution is -0.116. The minimum absolute atomic E-state index is 0.00645. The molecule has 1 heterocycles. The van der Waals surface area contributed by atoms with Crippen LogP contribution in [0.1, 0.15) is 11.1 Å². The lowest BCUT2D eigenvalue weighted by Gasteiger charge is -2.12. The first-order chi connectivity index (χ1) is 11.0. The highest BCUT2D eigenvalue weighted by Crippen LogP contribution is 2.16. The van der Waals surface area contributed by atoms with Crippen molar-refractivity contribution >= 4 is 22.5 Å². The summed E-state index contributed by atoms with van der Waals surface area (Å²) in [5.41, 5.74) is 3.38. The first kappa shape index (κ1) is 15.0. The molecule has 0 saturated heterocycles. The van der Waals surface area contributed by atoms with Crippen LogP contribution in [0, 0.1) is 13.8 Å². The Bertz CT molecular complexity index is 924. The number of anilines is 1. The summed E-state index contributed by atoms with van der Waals surface area (Å²) < 4.78 is 1.51. The molecule has 4 nitrogen and oxygen atoms in total. The van der Waals surface area contributed by atoms with Gasteiger partial charge in [-0.2, -0.15) is 0 Å². The number of aromatic nitrogens is 1. The van der Waals surface area contributed by atoms with E-state index in [-0.39, 0.29) is 18.0 Å². The Morgan fingerprint density at radius 3 is 2.48 bits per heavy atom. The fourth-order valence-electron chi connectivity index (χ4n) is 2.65. The molecule has 116 valence electrons. The molecule has 4 heteroatoms. The molecular formula is C19H18N2O2. The third-order valence-corrected chi connectivity index (χ3v) is 3.86. The Hall–Kier alpha value is -2.88. The molecule has 0 fully saturated rings. The molecule has 1 N–H and O–H groups in total. The van der Waals surface area contributed by atoms with Gasteiger partial charge in [0.25, 0.3) is 5.56 Å². The number of fused-ring (bicyclic) bond motifs is 1. The number of para-hydroxylation sites is 1. The van der Waals surface area contributed by atoms with E-state index in [0.717, 1.165) is 27.7 Å². The molecular weight excluding hydrogens is 288 g/mol. The molecule has 3 aromatic rings. The molecule has 2 aromatic carbocycles. The molecule has 0 bridgehead atoms. The maximum Gasteiger partial charge on any atom is 0.251 e. The number of pyridine rings is 1. The molecule has 0 aliphatic heterocycles. The van der Waals surface area contributed by atoms with Crippen LogP contribution in [0.3, 0.4) is 0 Å². The average Bonchev–Trinajstić information content (AvgIpc) is 2.54. The molecule has 0 unspecified atom stereocenters. The second-order valence-corrected chi connectivity index (χ2v) is 5.68. The van der Waals surface area contributed by atoms with Crippen molar-refractivity contribution in [3.63, 3.8) is 0 Å². The van der Waals surface area contributed by atoms with Crippen LogP contribution in [0.4, 0.5) is 5.69 Å². The van der Waals surface area contributed by atoms with Crippen LogP contribution in [-0.2, 0) is 11.3 Å². The average molecular weight is 306 g/mol. The lowest BCUT2D eigenvalue weighted by atomic mass is 10.1. The van der Waals surface area contributed by atoms with Gasteiger partial charge in [0.15, 0.2) is 0 Å². The number of amides is 1. The number of carbonyl (C=O) groups is 1. The zero-order valence-electron chi connectivity index (χ0n) is 13.2. The Kier molecular flexibility index (Phi) is 3.98. The molecule has 0 atom stereocenters. The van der Waals surface area contributed by atoms with E-state index in [0.29, 0.717) is 0 Å². The minimum atomic E-state index is -0.218. The standard InChI is InChI=1S/C19H18N2O2/c1-13-7-9-15(10-8-13)20-18(22)12-21-17-6-4-3-5-16(17)14(2)11-19(21)23/h3-11H,12H2,1-2H3,(H,20,22). The van der Waals surface area contributed by atoms with E-state index in [4.69, 9.17) is 0 Å². The van der Waals surface area contributed by atoms with E-state index in [2.05, 4.69) is 5.32 Å². The summed E-state index contributed by atoms with van der Waals surface area (Å²) in [6.07, 6.45) is 0. The van der Waals surface area contributed by atoms with Crippen molar-refractivity contribution in [2.75, 3.05) is 5.32 Å². The van der Waals surface area contributed by atoms with Gasteiger partial charge in [-0.1, -0.05) is 35.9 Å². The molecule has 0 aliphatic rings. The fourth-order valence-corrected chi connectivity index (χ4v) is 2.65. The molecule has 1 amide bonds. The van der Waals surface area contributed by atoms with Crippen molar-refractivity contribution in [2.45, 2.75) is 20.4 Å². The number of rotatable bonds is 3. The van der Waals surface area contributed by atoms with E-state index < -0.39 is 0 Å². The highest BCUT2D eigenvalue weighted by Gasteiger charge is 2.10. The van der Waals surface area contributed by atoms with Gasteiger partial charge in [0, 0.05) is 17.1 Å². The number of carbonyl (C=O) groups excluding carboxylic acids is 1. The van der Waals surface area contributed by atoms with Crippen LogP contribution >= 0.6 is 0 Å². The van der Waals surface area contributed by atoms with Gasteiger partial charge in [-0.15, -0.1) is 0 Å². The first-order valence-corrected chi connectivity index (χ1v) is 7.50. The van der Waals surface area contributed by atoms with Crippen LogP contribution in [0.25, 0.3) is 10.9 Å². The van der Waals surface area contributed by atoms with Gasteiger partial charge < -0.3 is 5.32 Å². The van der Waals surface area contributed by atoms with E-state index in [1.807, 2.05) is 62.4 Å². The highest BCUT2D eigenvalue weighted by molar-refractivity contribution is 5.92. The van der Waals surface area contributed by atoms with Crippen LogP contribution in [0.5, 0.6) is 0 Å². The Morgan fingerprint density at radius 2 is 1.74 bits per heavy atom. The second kappa shape index (κ2) is 6.08. The van der Waals surface area contributed by atoms with Gasteiger partial charge in [-0.05, 0) is 37.6 Å². The van der Waals surface area contributed by atoms with Crippen molar-refractivity contribution in [1.29, 1.82) is 0 Å². The Balaban J connectivity index is 1.90. The normalized spacial score (nSPS) is 10.7. The van der Waals surface area contributed by atoms with E-state index >= 15 is 0 Å². The first-order valence-electron chi connectivity index (χ1n) is 7.50. The van der Waals surface area contributed by atoms with Gasteiger partial charge in [-0.3, -0.25) is 14.2 Å². The fraction of sp³-hybridized carbons (Fsp3) is 0.158. The predicted molar refractivity (Wildman–Crippen MR) is 92.8 cm³/mol. The van der Waals surface area contributed by atoms with Crippen molar-refractivity contribution in [2.24, 2.45) is 0 Å². The molecule has 0 aliphatic carbocycles. The van der Waals surface area contributed by atoms with Crippen molar-refractivity contribution in [3.05, 3.63) is 76.1 Å². The Labute approximate surface area is 134 Å². The highest BCUT2D eigenvalue weighted by atomic mass is 16.2. The minimum Gasteiger partial charge on any atom is -0.325 e. The van der Waals surface area contributed by atoms with Gasteiger partial charge >= 0.3 is 0 Å². The number of benzene rings is 2. The topological polar surface area (TPSA) is 51.1 Å². The molecule has 0 radical (unpaired) electrons. The smallest absolute Gasteiger partial charge is 0.251 e. The van der Waals surface area contributed by atoms with Crippen LogP contribution in [0.15, 0.2) is 59.4 Å². The number of nitrogens with zero attached hydrogens (tertiary/aromatic N) is 1. The van der Waals surface area contributed by atoms with Crippen LogP contribution < -0.4 is 10.9 Å². The van der Waals surface area contributed by atoms with Gasteiger partial charge in [0.1, 0.15) is 6.54 Å². The zero-order valence-corrected chi connectivity index (χ0v) is 13.2. The molecule has 23 heavy (non-hydrogen) atoms. The summed E-state index contributed by atoms with van der Waals surface area (Å²) in [5, 5.41) is 3.81.